The number of aromatic nitrogens is 2. The van der Waals surface area contributed by atoms with Gasteiger partial charge in [-0.25, -0.2) is 0 Å². The van der Waals surface area contributed by atoms with Crippen LogP contribution in [0.15, 0.2) is 12.3 Å². The molecule has 0 aromatic carbocycles. The molecule has 4 heteroatoms. The Morgan fingerprint density at radius 3 is 2.42 bits per heavy atom. The summed E-state index contributed by atoms with van der Waals surface area (Å²) >= 11 is 0. The van der Waals surface area contributed by atoms with E-state index in [9.17, 15) is 4.79 Å². The molecule has 0 saturated heterocycles. The predicted octanol–water partition coefficient (Wildman–Crippen LogP) is 2.24. The van der Waals surface area contributed by atoms with E-state index in [1.165, 1.54) is 19.3 Å². The van der Waals surface area contributed by atoms with E-state index in [4.69, 9.17) is 0 Å². The van der Waals surface area contributed by atoms with Crippen LogP contribution in [0, 0.1) is 23.2 Å². The molecule has 0 atom stereocenters. The van der Waals surface area contributed by atoms with E-state index in [0.29, 0.717) is 12.5 Å². The second-order valence-corrected chi connectivity index (χ2v) is 6.96. The van der Waals surface area contributed by atoms with E-state index < -0.39 is 0 Å². The number of carbonyl (C=O) groups excluding carboxylic acids is 1. The zero-order chi connectivity index (χ0) is 12.9. The maximum Gasteiger partial charge on any atom is 0.226 e. The Bertz CT molecular complexity index is 444. The number of H-pyrrole nitrogens is 1. The van der Waals surface area contributed by atoms with Gasteiger partial charge in [-0.3, -0.25) is 9.89 Å². The van der Waals surface area contributed by atoms with Gasteiger partial charge in [-0.2, -0.15) is 5.10 Å². The van der Waals surface area contributed by atoms with Crippen molar-refractivity contribution in [2.45, 2.75) is 45.1 Å². The molecular formula is C15H21N3O. The molecule has 0 aliphatic heterocycles. The third-order valence-corrected chi connectivity index (χ3v) is 5.52. The molecule has 5 rings (SSSR count). The van der Waals surface area contributed by atoms with Gasteiger partial charge in [0, 0.05) is 11.6 Å². The Morgan fingerprint density at radius 1 is 1.26 bits per heavy atom. The topological polar surface area (TPSA) is 57.8 Å². The largest absolute Gasteiger partial charge is 0.350 e. The highest BCUT2D eigenvalue weighted by Gasteiger charge is 2.54. The lowest BCUT2D eigenvalue weighted by atomic mass is 9.49. The van der Waals surface area contributed by atoms with Crippen LogP contribution in [0.2, 0.25) is 0 Å². The molecule has 4 nitrogen and oxygen atoms in total. The van der Waals surface area contributed by atoms with Crippen LogP contribution in [0.5, 0.6) is 0 Å². The van der Waals surface area contributed by atoms with Crippen molar-refractivity contribution in [3.8, 4) is 0 Å². The number of nitrogens with zero attached hydrogens (tertiary/aromatic N) is 1. The summed E-state index contributed by atoms with van der Waals surface area (Å²) < 4.78 is 0. The lowest BCUT2D eigenvalue weighted by molar-refractivity contribution is -0.146. The van der Waals surface area contributed by atoms with Crippen LogP contribution in [0.25, 0.3) is 0 Å². The quantitative estimate of drug-likeness (QED) is 0.874. The van der Waals surface area contributed by atoms with E-state index in [1.54, 1.807) is 6.20 Å². The molecule has 4 bridgehead atoms. The first-order valence-electron chi connectivity index (χ1n) is 7.50. The van der Waals surface area contributed by atoms with Gasteiger partial charge in [-0.15, -0.1) is 0 Å². The highest BCUT2D eigenvalue weighted by Crippen LogP contribution is 2.60. The molecule has 1 amide bonds. The molecule has 19 heavy (non-hydrogen) atoms. The van der Waals surface area contributed by atoms with E-state index in [1.807, 2.05) is 6.07 Å². The van der Waals surface area contributed by atoms with Crippen LogP contribution in [0.4, 0.5) is 0 Å². The third-order valence-electron chi connectivity index (χ3n) is 5.52. The van der Waals surface area contributed by atoms with Crippen LogP contribution < -0.4 is 5.32 Å². The molecule has 4 aliphatic rings. The van der Waals surface area contributed by atoms with Crippen molar-refractivity contribution >= 4 is 5.91 Å². The second-order valence-electron chi connectivity index (χ2n) is 6.96. The molecule has 1 aromatic rings. The molecule has 1 heterocycles. The second kappa shape index (κ2) is 4.09. The zero-order valence-corrected chi connectivity index (χ0v) is 11.2. The highest BCUT2D eigenvalue weighted by molar-refractivity contribution is 5.83. The van der Waals surface area contributed by atoms with Crippen molar-refractivity contribution in [3.05, 3.63) is 18.0 Å². The van der Waals surface area contributed by atoms with Gasteiger partial charge in [0.1, 0.15) is 0 Å². The Kier molecular flexibility index (Phi) is 2.47. The molecule has 0 radical (unpaired) electrons. The first kappa shape index (κ1) is 11.5. The molecule has 102 valence electrons. The molecule has 4 fully saturated rings. The van der Waals surface area contributed by atoms with E-state index in [2.05, 4.69) is 15.5 Å². The molecule has 0 unspecified atom stereocenters. The monoisotopic (exact) mass is 259 g/mol. The van der Waals surface area contributed by atoms with E-state index in [-0.39, 0.29) is 5.41 Å². The van der Waals surface area contributed by atoms with E-state index >= 15 is 0 Å². The minimum Gasteiger partial charge on any atom is -0.350 e. The van der Waals surface area contributed by atoms with Crippen molar-refractivity contribution in [3.63, 3.8) is 0 Å². The van der Waals surface area contributed by atoms with Crippen molar-refractivity contribution in [1.29, 1.82) is 0 Å². The molecule has 0 spiro atoms. The first-order chi connectivity index (χ1) is 9.23. The molecule has 4 saturated carbocycles. The predicted molar refractivity (Wildman–Crippen MR) is 71.0 cm³/mol. The van der Waals surface area contributed by atoms with Gasteiger partial charge in [0.15, 0.2) is 0 Å². The number of hydrogen-bond acceptors (Lipinski definition) is 2. The summed E-state index contributed by atoms with van der Waals surface area (Å²) in [6.07, 6.45) is 9.27. The number of aromatic amines is 1. The maximum absolute atomic E-state index is 12.6. The fourth-order valence-electron chi connectivity index (χ4n) is 5.13. The molecule has 1 aromatic heterocycles. The molecule has 2 N–H and O–H groups in total. The first-order valence-corrected chi connectivity index (χ1v) is 7.50. The number of nitrogens with one attached hydrogen (secondary N) is 2. The average molecular weight is 259 g/mol. The SMILES string of the molecule is O=C(NCc1ccn[nH]1)C12CC3CC(CC(C3)C1)C2. The molecular weight excluding hydrogens is 238 g/mol. The number of rotatable bonds is 3. The summed E-state index contributed by atoms with van der Waals surface area (Å²) in [5, 5.41) is 9.95. The fraction of sp³-hybridized carbons (Fsp3) is 0.733. The summed E-state index contributed by atoms with van der Waals surface area (Å²) in [5.74, 6) is 2.76. The van der Waals surface area contributed by atoms with Crippen molar-refractivity contribution in [1.82, 2.24) is 15.5 Å². The Hall–Kier alpha value is -1.32. The summed E-state index contributed by atoms with van der Waals surface area (Å²) in [6.45, 7) is 0.584. The third kappa shape index (κ3) is 1.88. The lowest BCUT2D eigenvalue weighted by Crippen LogP contribution is -2.53. The summed E-state index contributed by atoms with van der Waals surface area (Å²) in [6, 6.07) is 1.92. The normalized spacial score (nSPS) is 39.5. The Balaban J connectivity index is 1.47. The van der Waals surface area contributed by atoms with Crippen LogP contribution in [-0.4, -0.2) is 16.1 Å². The van der Waals surface area contributed by atoms with Gasteiger partial charge >= 0.3 is 0 Å². The van der Waals surface area contributed by atoms with Gasteiger partial charge in [0.05, 0.1) is 12.2 Å². The van der Waals surface area contributed by atoms with Gasteiger partial charge in [0.2, 0.25) is 5.91 Å². The van der Waals surface area contributed by atoms with Crippen LogP contribution in [0.3, 0.4) is 0 Å². The van der Waals surface area contributed by atoms with Crippen molar-refractivity contribution < 1.29 is 4.79 Å². The number of hydrogen-bond donors (Lipinski definition) is 2. The summed E-state index contributed by atoms with van der Waals surface area (Å²) in [4.78, 5) is 12.6. The van der Waals surface area contributed by atoms with Crippen LogP contribution in [0.1, 0.15) is 44.2 Å². The smallest absolute Gasteiger partial charge is 0.226 e. The van der Waals surface area contributed by atoms with Crippen molar-refractivity contribution in [2.24, 2.45) is 23.2 Å². The van der Waals surface area contributed by atoms with Gasteiger partial charge in [-0.05, 0) is 62.3 Å². The van der Waals surface area contributed by atoms with Gasteiger partial charge < -0.3 is 5.32 Å². The van der Waals surface area contributed by atoms with Crippen LogP contribution in [-0.2, 0) is 11.3 Å². The maximum atomic E-state index is 12.6. The van der Waals surface area contributed by atoms with Crippen LogP contribution >= 0.6 is 0 Å². The Labute approximate surface area is 113 Å². The highest BCUT2D eigenvalue weighted by atomic mass is 16.2. The van der Waals surface area contributed by atoms with Gasteiger partial charge in [-0.1, -0.05) is 0 Å². The molecule has 4 aliphatic carbocycles. The lowest BCUT2D eigenvalue weighted by Gasteiger charge is -2.55. The van der Waals surface area contributed by atoms with Gasteiger partial charge in [0.25, 0.3) is 0 Å². The summed E-state index contributed by atoms with van der Waals surface area (Å²) in [7, 11) is 0. The minimum absolute atomic E-state index is 0.0330. The minimum atomic E-state index is -0.0330. The zero-order valence-electron chi connectivity index (χ0n) is 11.2. The standard InChI is InChI=1S/C15H21N3O/c19-14(16-9-13-1-2-17-18-13)15-6-10-3-11(7-15)5-12(4-10)8-15/h1-2,10-12H,3-9H2,(H,16,19)(H,17,18). The van der Waals surface area contributed by atoms with E-state index in [0.717, 1.165) is 42.7 Å². The Morgan fingerprint density at radius 2 is 1.89 bits per heavy atom. The fourth-order valence-corrected chi connectivity index (χ4v) is 5.13. The average Bonchev–Trinajstić information content (AvgIpc) is 2.87. The van der Waals surface area contributed by atoms with Crippen molar-refractivity contribution in [2.75, 3.05) is 0 Å². The summed E-state index contributed by atoms with van der Waals surface area (Å²) in [5.41, 5.74) is 0.951. The number of carbonyl (C=O) groups is 1. The number of amides is 1.